The summed E-state index contributed by atoms with van der Waals surface area (Å²) in [5.74, 6) is 1.98. The Bertz CT molecular complexity index is 1590. The van der Waals surface area contributed by atoms with Crippen LogP contribution < -0.4 is 0 Å². The Balaban J connectivity index is 1.01. The number of hydrogen-bond donors (Lipinski definition) is 1. The quantitative estimate of drug-likeness (QED) is 0.322. The highest BCUT2D eigenvalue weighted by Crippen LogP contribution is 2.66. The van der Waals surface area contributed by atoms with Crippen molar-refractivity contribution in [2.45, 2.75) is 82.4 Å². The van der Waals surface area contributed by atoms with Crippen LogP contribution in [0.15, 0.2) is 53.2 Å². The lowest BCUT2D eigenvalue weighted by atomic mass is 9.46. The number of aromatic nitrogens is 3. The van der Waals surface area contributed by atoms with Crippen molar-refractivity contribution < 1.29 is 14.6 Å². The molecule has 226 valence electrons. The van der Waals surface area contributed by atoms with E-state index in [2.05, 4.69) is 42.9 Å². The third-order valence-electron chi connectivity index (χ3n) is 12.3. The van der Waals surface area contributed by atoms with Crippen LogP contribution in [0.25, 0.3) is 17.0 Å². The summed E-state index contributed by atoms with van der Waals surface area (Å²) in [6.45, 7) is 6.37. The van der Waals surface area contributed by atoms with E-state index in [4.69, 9.17) is 14.8 Å². The summed E-state index contributed by atoms with van der Waals surface area (Å²) in [5, 5.41) is 18.9. The fraction of sp³-hybridized carbons (Fsp3) is 0.583. The minimum atomic E-state index is -0.393. The van der Waals surface area contributed by atoms with E-state index in [-0.39, 0.29) is 22.7 Å². The highest BCUT2D eigenvalue weighted by molar-refractivity contribution is 7.99. The van der Waals surface area contributed by atoms with Crippen molar-refractivity contribution in [1.29, 1.82) is 0 Å². The van der Waals surface area contributed by atoms with Gasteiger partial charge < -0.3 is 9.84 Å². The summed E-state index contributed by atoms with van der Waals surface area (Å²) >= 11 is 1.57. The summed E-state index contributed by atoms with van der Waals surface area (Å²) in [6.07, 6.45) is 12.1. The number of aliphatic hydroxyl groups excluding tert-OH is 1. The molecule has 3 heterocycles. The molecule has 3 aromatic rings. The molecule has 8 rings (SSSR count). The Hall–Kier alpha value is -2.48. The topological polar surface area (TPSA) is 77.2 Å². The molecule has 43 heavy (non-hydrogen) atoms. The molecule has 4 aliphatic carbocycles. The van der Waals surface area contributed by atoms with Gasteiger partial charge in [0, 0.05) is 24.5 Å². The van der Waals surface area contributed by atoms with Crippen LogP contribution in [-0.2, 0) is 16.0 Å². The maximum atomic E-state index is 13.8. The molecule has 0 spiro atoms. The van der Waals surface area contributed by atoms with Crippen LogP contribution in [0.5, 0.6) is 0 Å². The van der Waals surface area contributed by atoms with Gasteiger partial charge in [0.05, 0.1) is 40.3 Å². The van der Waals surface area contributed by atoms with Crippen molar-refractivity contribution in [3.8, 4) is 0 Å². The van der Waals surface area contributed by atoms with E-state index in [9.17, 15) is 9.90 Å². The molecule has 1 saturated heterocycles. The number of fused-ring (bicyclic) bond motifs is 7. The fourth-order valence-corrected chi connectivity index (χ4v) is 11.1. The third-order valence-corrected chi connectivity index (χ3v) is 13.3. The number of aliphatic hydroxyl groups is 1. The molecule has 7 heteroatoms. The number of para-hydroxylation sites is 1. The molecule has 1 aliphatic heterocycles. The number of pyridine rings is 1. The number of ether oxygens (including phenoxy) is 1. The molecule has 1 N–H and O–H groups in total. The average Bonchev–Trinajstić information content (AvgIpc) is 3.58. The molecule has 0 radical (unpaired) electrons. The van der Waals surface area contributed by atoms with E-state index in [1.807, 2.05) is 24.3 Å². The largest absolute Gasteiger partial charge is 0.393 e. The van der Waals surface area contributed by atoms with E-state index in [1.54, 1.807) is 11.8 Å². The number of thioether (sulfide) groups is 1. The van der Waals surface area contributed by atoms with Gasteiger partial charge in [-0.3, -0.25) is 9.48 Å². The normalized spacial score (nSPS) is 35.5. The van der Waals surface area contributed by atoms with Crippen LogP contribution in [-0.4, -0.2) is 50.7 Å². The molecule has 7 unspecified atom stereocenters. The van der Waals surface area contributed by atoms with Gasteiger partial charge in [-0.25, -0.2) is 4.98 Å². The molecule has 5 aliphatic rings. The van der Waals surface area contributed by atoms with Gasteiger partial charge in [0.15, 0.2) is 0 Å². The third kappa shape index (κ3) is 4.47. The summed E-state index contributed by atoms with van der Waals surface area (Å²) < 4.78 is 7.89. The summed E-state index contributed by atoms with van der Waals surface area (Å²) in [6, 6.07) is 12.7. The van der Waals surface area contributed by atoms with Gasteiger partial charge in [-0.05, 0) is 104 Å². The van der Waals surface area contributed by atoms with Crippen LogP contribution in [0.2, 0.25) is 0 Å². The molecule has 7 atom stereocenters. The van der Waals surface area contributed by atoms with Crippen LogP contribution >= 0.6 is 11.8 Å². The van der Waals surface area contributed by atoms with Gasteiger partial charge in [0.25, 0.3) is 0 Å². The first-order valence-electron chi connectivity index (χ1n) is 16.4. The van der Waals surface area contributed by atoms with Gasteiger partial charge in [0.2, 0.25) is 0 Å². The van der Waals surface area contributed by atoms with Gasteiger partial charge >= 0.3 is 0 Å². The maximum absolute atomic E-state index is 13.8. The Labute approximate surface area is 258 Å². The summed E-state index contributed by atoms with van der Waals surface area (Å²) in [7, 11) is 0. The fourth-order valence-electron chi connectivity index (χ4n) is 10.3. The van der Waals surface area contributed by atoms with Crippen LogP contribution in [0.1, 0.15) is 76.1 Å². The molecule has 0 bridgehead atoms. The maximum Gasteiger partial charge on any atom is 0.146 e. The highest BCUT2D eigenvalue weighted by atomic mass is 32.2. The van der Waals surface area contributed by atoms with Crippen molar-refractivity contribution in [3.63, 3.8) is 0 Å². The van der Waals surface area contributed by atoms with Crippen LogP contribution in [0, 0.1) is 34.5 Å². The van der Waals surface area contributed by atoms with Crippen LogP contribution in [0.3, 0.4) is 0 Å². The van der Waals surface area contributed by atoms with Crippen molar-refractivity contribution >= 4 is 34.5 Å². The number of allylic oxidation sites excluding steroid dienone is 1. The molecule has 4 fully saturated rings. The molecule has 1 aromatic carbocycles. The zero-order chi connectivity index (χ0) is 29.3. The zero-order valence-electron chi connectivity index (χ0n) is 25.4. The lowest BCUT2D eigenvalue weighted by molar-refractivity contribution is -0.140. The standard InChI is InChI=1S/C36H43N3O3S/c1-35-18-23-20-37-39(25-13-15-42-16-14-25)30(23)17-24(35)8-9-26-27-10-11-28(36(27,2)19-31(40)34(26)35)32(41)21-43-33-12-7-22-5-3-4-6-29(22)38-33/h3-7,12,17,20,25-28,31,34,40H,8-11,13-16,18-19,21H2,1-2H3. The highest BCUT2D eigenvalue weighted by Gasteiger charge is 2.63. The first kappa shape index (κ1) is 28.0. The number of hydrogen-bond acceptors (Lipinski definition) is 6. The average molecular weight is 598 g/mol. The minimum absolute atomic E-state index is 0.0152. The minimum Gasteiger partial charge on any atom is -0.393 e. The van der Waals surface area contributed by atoms with Crippen LogP contribution in [0.4, 0.5) is 0 Å². The second-order valence-corrected chi connectivity index (χ2v) is 15.4. The second-order valence-electron chi connectivity index (χ2n) is 14.4. The lowest BCUT2D eigenvalue weighted by Gasteiger charge is -2.59. The van der Waals surface area contributed by atoms with Crippen molar-refractivity contribution in [3.05, 3.63) is 59.4 Å². The second kappa shape index (κ2) is 10.6. The molecular formula is C36H43N3O3S. The van der Waals surface area contributed by atoms with E-state index < -0.39 is 6.10 Å². The van der Waals surface area contributed by atoms with Gasteiger partial charge in [-0.15, -0.1) is 0 Å². The van der Waals surface area contributed by atoms with Gasteiger partial charge in [-0.1, -0.05) is 55.4 Å². The Morgan fingerprint density at radius 3 is 2.79 bits per heavy atom. The van der Waals surface area contributed by atoms with Crippen molar-refractivity contribution in [2.24, 2.45) is 34.5 Å². The molecule has 6 nitrogen and oxygen atoms in total. The predicted molar refractivity (Wildman–Crippen MR) is 170 cm³/mol. The Morgan fingerprint density at radius 1 is 1.09 bits per heavy atom. The SMILES string of the molecule is CC12Cc3cnn(C4CCOCC4)c3C=C1CCC1C2C(O)CC2(C)C(C(=O)CSc3ccc4ccccc4n3)CCC12. The number of carbonyl (C=O) groups excluding carboxylic acids is 1. The molecular weight excluding hydrogens is 554 g/mol. The number of ketones is 1. The summed E-state index contributed by atoms with van der Waals surface area (Å²) in [4.78, 5) is 18.6. The Morgan fingerprint density at radius 2 is 1.93 bits per heavy atom. The number of nitrogens with zero attached hydrogens (tertiary/aromatic N) is 3. The summed E-state index contributed by atoms with van der Waals surface area (Å²) in [5.41, 5.74) is 4.90. The monoisotopic (exact) mass is 597 g/mol. The van der Waals surface area contributed by atoms with E-state index in [0.29, 0.717) is 29.4 Å². The number of Topliss-reactive ketones (excluding diaryl/α,β-unsaturated/α-hetero) is 1. The van der Waals surface area contributed by atoms with Gasteiger partial charge in [0.1, 0.15) is 5.78 Å². The van der Waals surface area contributed by atoms with Crippen molar-refractivity contribution in [1.82, 2.24) is 14.8 Å². The number of carbonyl (C=O) groups is 1. The lowest BCUT2D eigenvalue weighted by Crippen LogP contribution is -2.57. The predicted octanol–water partition coefficient (Wildman–Crippen LogP) is 6.91. The molecule has 3 saturated carbocycles. The Kier molecular flexibility index (Phi) is 6.88. The molecule has 0 amide bonds. The first-order chi connectivity index (χ1) is 20.8. The van der Waals surface area contributed by atoms with E-state index in [0.717, 1.165) is 80.5 Å². The number of benzene rings is 1. The number of rotatable bonds is 5. The zero-order valence-corrected chi connectivity index (χ0v) is 26.2. The van der Waals surface area contributed by atoms with E-state index in [1.165, 1.54) is 16.8 Å². The van der Waals surface area contributed by atoms with E-state index >= 15 is 0 Å². The van der Waals surface area contributed by atoms with Crippen molar-refractivity contribution in [2.75, 3.05) is 19.0 Å². The van der Waals surface area contributed by atoms with Gasteiger partial charge in [-0.2, -0.15) is 5.10 Å². The first-order valence-corrected chi connectivity index (χ1v) is 17.4. The molecule has 2 aromatic heterocycles. The smallest absolute Gasteiger partial charge is 0.146 e.